The molecule has 0 atom stereocenters. The van der Waals surface area contributed by atoms with Crippen LogP contribution in [0, 0.1) is 13.8 Å². The van der Waals surface area contributed by atoms with Gasteiger partial charge in [0.1, 0.15) is 5.56 Å². The Morgan fingerprint density at radius 1 is 1.14 bits per heavy atom. The minimum atomic E-state index is -0.0688. The number of nitrogens with zero attached hydrogens (tertiary/aromatic N) is 2. The summed E-state index contributed by atoms with van der Waals surface area (Å²) in [6, 6.07) is 3.61. The summed E-state index contributed by atoms with van der Waals surface area (Å²) in [7, 11) is 0. The van der Waals surface area contributed by atoms with Gasteiger partial charge in [-0.3, -0.25) is 4.79 Å². The molecule has 0 amide bonds. The Morgan fingerprint density at radius 2 is 1.82 bits per heavy atom. The molecular formula is C23H31ClN2O2. The topological polar surface area (TPSA) is 44.1 Å². The maximum absolute atomic E-state index is 13.5. The van der Waals surface area contributed by atoms with Gasteiger partial charge in [0.2, 0.25) is 11.7 Å². The molecule has 0 saturated carbocycles. The van der Waals surface area contributed by atoms with Gasteiger partial charge in [-0.25, -0.2) is 4.68 Å². The second kappa shape index (κ2) is 9.42. The summed E-state index contributed by atoms with van der Waals surface area (Å²) < 4.78 is 7.76. The highest BCUT2D eigenvalue weighted by molar-refractivity contribution is 6.32. The van der Waals surface area contributed by atoms with Gasteiger partial charge in [-0.2, -0.15) is 5.10 Å². The number of rotatable bonds is 8. The van der Waals surface area contributed by atoms with E-state index >= 15 is 0 Å². The van der Waals surface area contributed by atoms with Gasteiger partial charge in [0.25, 0.3) is 0 Å². The van der Waals surface area contributed by atoms with E-state index in [0.29, 0.717) is 40.9 Å². The predicted octanol–water partition coefficient (Wildman–Crippen LogP) is 6.40. The van der Waals surface area contributed by atoms with Crippen molar-refractivity contribution in [2.45, 2.75) is 67.9 Å². The molecule has 28 heavy (non-hydrogen) atoms. The first-order chi connectivity index (χ1) is 13.2. The lowest BCUT2D eigenvalue weighted by atomic mass is 9.91. The highest BCUT2D eigenvalue weighted by atomic mass is 35.5. The van der Waals surface area contributed by atoms with Gasteiger partial charge < -0.3 is 4.74 Å². The lowest BCUT2D eigenvalue weighted by Crippen LogP contribution is -2.11. The Morgan fingerprint density at radius 3 is 2.39 bits per heavy atom. The third kappa shape index (κ3) is 4.33. The number of ketones is 1. The maximum Gasteiger partial charge on any atom is 0.223 e. The quantitative estimate of drug-likeness (QED) is 0.379. The van der Waals surface area contributed by atoms with Crippen LogP contribution in [-0.4, -0.2) is 22.2 Å². The van der Waals surface area contributed by atoms with Crippen LogP contribution in [0.25, 0.3) is 5.57 Å². The summed E-state index contributed by atoms with van der Waals surface area (Å²) in [6.45, 7) is 15.3. The number of carbonyl (C=O) groups excluding carboxylic acids is 1. The normalized spacial score (nSPS) is 10.9. The highest BCUT2D eigenvalue weighted by Gasteiger charge is 2.26. The van der Waals surface area contributed by atoms with Crippen molar-refractivity contribution in [2.75, 3.05) is 6.61 Å². The van der Waals surface area contributed by atoms with Crippen molar-refractivity contribution < 1.29 is 9.53 Å². The van der Waals surface area contributed by atoms with Crippen molar-refractivity contribution in [2.24, 2.45) is 0 Å². The van der Waals surface area contributed by atoms with Crippen LogP contribution in [0.4, 0.5) is 0 Å². The van der Waals surface area contributed by atoms with Crippen LogP contribution in [0.5, 0.6) is 5.88 Å². The number of benzene rings is 1. The first kappa shape index (κ1) is 22.2. The number of allylic oxidation sites excluding steroid dienone is 2. The zero-order valence-corrected chi connectivity index (χ0v) is 18.8. The van der Waals surface area contributed by atoms with Gasteiger partial charge in [0.15, 0.2) is 0 Å². The van der Waals surface area contributed by atoms with E-state index < -0.39 is 0 Å². The zero-order valence-electron chi connectivity index (χ0n) is 18.1. The first-order valence-electron chi connectivity index (χ1n) is 9.92. The third-order valence-electron chi connectivity index (χ3n) is 5.13. The van der Waals surface area contributed by atoms with Crippen molar-refractivity contribution >= 4 is 23.0 Å². The van der Waals surface area contributed by atoms with E-state index in [0.717, 1.165) is 29.5 Å². The first-order valence-corrected chi connectivity index (χ1v) is 10.3. The molecule has 0 aliphatic rings. The smallest absolute Gasteiger partial charge is 0.223 e. The molecule has 0 bridgehead atoms. The molecule has 0 aliphatic carbocycles. The van der Waals surface area contributed by atoms with E-state index in [-0.39, 0.29) is 5.78 Å². The van der Waals surface area contributed by atoms with Crippen molar-refractivity contribution in [3.63, 3.8) is 0 Å². The van der Waals surface area contributed by atoms with E-state index in [1.54, 1.807) is 16.8 Å². The number of hydrogen-bond acceptors (Lipinski definition) is 3. The van der Waals surface area contributed by atoms with Crippen molar-refractivity contribution in [3.05, 3.63) is 50.7 Å². The number of carbonyl (C=O) groups is 1. The van der Waals surface area contributed by atoms with Gasteiger partial charge >= 0.3 is 0 Å². The maximum atomic E-state index is 13.5. The highest BCUT2D eigenvalue weighted by Crippen LogP contribution is 2.34. The molecule has 5 heteroatoms. The van der Waals surface area contributed by atoms with Gasteiger partial charge in [0.05, 0.1) is 12.3 Å². The minimum Gasteiger partial charge on any atom is -0.477 e. The Bertz CT molecular complexity index is 906. The van der Waals surface area contributed by atoms with Gasteiger partial charge in [-0.05, 0) is 76.8 Å². The number of unbranched alkanes of at least 4 members (excludes halogenated alkanes) is 1. The molecule has 4 nitrogen and oxygen atoms in total. The van der Waals surface area contributed by atoms with Gasteiger partial charge in [-0.1, -0.05) is 30.5 Å². The lowest BCUT2D eigenvalue weighted by Gasteiger charge is -2.15. The predicted molar refractivity (Wildman–Crippen MR) is 117 cm³/mol. The summed E-state index contributed by atoms with van der Waals surface area (Å²) in [4.78, 5) is 13.5. The molecule has 0 spiro atoms. The van der Waals surface area contributed by atoms with Crippen LogP contribution >= 0.6 is 11.6 Å². The zero-order chi connectivity index (χ0) is 21.0. The summed E-state index contributed by atoms with van der Waals surface area (Å²) in [5.74, 6) is 0.494. The fourth-order valence-electron chi connectivity index (χ4n) is 3.27. The van der Waals surface area contributed by atoms with Crippen LogP contribution in [0.15, 0.2) is 17.7 Å². The molecule has 0 saturated heterocycles. The van der Waals surface area contributed by atoms with E-state index in [4.69, 9.17) is 16.3 Å². The molecule has 0 unspecified atom stereocenters. The minimum absolute atomic E-state index is 0.0688. The molecule has 1 aromatic carbocycles. The molecule has 1 aromatic heterocycles. The molecule has 0 aliphatic heterocycles. The van der Waals surface area contributed by atoms with E-state index in [1.165, 1.54) is 5.57 Å². The van der Waals surface area contributed by atoms with E-state index in [2.05, 4.69) is 25.9 Å². The number of halogens is 1. The Labute approximate surface area is 173 Å². The number of hydrogen-bond donors (Lipinski definition) is 0. The van der Waals surface area contributed by atoms with E-state index in [9.17, 15) is 4.79 Å². The number of aromatic nitrogens is 2. The molecule has 0 radical (unpaired) electrons. The second-order valence-corrected chi connectivity index (χ2v) is 7.74. The summed E-state index contributed by atoms with van der Waals surface area (Å²) in [5.41, 5.74) is 5.96. The third-order valence-corrected chi connectivity index (χ3v) is 5.44. The summed E-state index contributed by atoms with van der Waals surface area (Å²) >= 11 is 6.48. The SMILES string of the molecule is CCCCOc1c(C(=O)c2ccc(Cl)c(C(C)=C(C)C)c2C)c(C)nn1CC. The fraction of sp³-hybridized carbons (Fsp3) is 0.478. The molecule has 0 N–H and O–H groups in total. The Kier molecular flexibility index (Phi) is 7.48. The van der Waals surface area contributed by atoms with E-state index in [1.807, 2.05) is 27.7 Å². The Hall–Kier alpha value is -2.07. The summed E-state index contributed by atoms with van der Waals surface area (Å²) in [5, 5.41) is 5.18. The van der Waals surface area contributed by atoms with Crippen LogP contribution in [0.3, 0.4) is 0 Å². The second-order valence-electron chi connectivity index (χ2n) is 7.33. The van der Waals surface area contributed by atoms with Crippen LogP contribution < -0.4 is 4.74 Å². The van der Waals surface area contributed by atoms with Crippen LogP contribution in [0.2, 0.25) is 5.02 Å². The average molecular weight is 403 g/mol. The van der Waals surface area contributed by atoms with Crippen LogP contribution in [0.1, 0.15) is 80.2 Å². The van der Waals surface area contributed by atoms with Crippen LogP contribution in [-0.2, 0) is 6.54 Å². The average Bonchev–Trinajstić information content (AvgIpc) is 2.96. The number of ether oxygens (including phenoxy) is 1. The standard InChI is InChI=1S/C23H31ClN2O2/c1-8-10-13-28-23-21(17(7)25-26(23)9-2)22(27)18-11-12-19(24)20(16(18)6)15(5)14(3)4/h11-12H,8-10,13H2,1-7H3. The molecule has 1 heterocycles. The monoisotopic (exact) mass is 402 g/mol. The molecule has 2 aromatic rings. The van der Waals surface area contributed by atoms with Crippen molar-refractivity contribution in [3.8, 4) is 5.88 Å². The summed E-state index contributed by atoms with van der Waals surface area (Å²) in [6.07, 6.45) is 1.97. The molecule has 152 valence electrons. The number of aryl methyl sites for hydroxylation is 2. The lowest BCUT2D eigenvalue weighted by molar-refractivity contribution is 0.103. The fourth-order valence-corrected chi connectivity index (χ4v) is 3.61. The van der Waals surface area contributed by atoms with Crippen molar-refractivity contribution in [1.29, 1.82) is 0 Å². The largest absolute Gasteiger partial charge is 0.477 e. The Balaban J connectivity index is 2.60. The van der Waals surface area contributed by atoms with Crippen molar-refractivity contribution in [1.82, 2.24) is 9.78 Å². The molecule has 0 fully saturated rings. The van der Waals surface area contributed by atoms with Gasteiger partial charge in [0, 0.05) is 17.1 Å². The molecular weight excluding hydrogens is 372 g/mol. The van der Waals surface area contributed by atoms with Gasteiger partial charge in [-0.15, -0.1) is 0 Å². The molecule has 2 rings (SSSR count).